The maximum atomic E-state index is 6.17. The zero-order valence-electron chi connectivity index (χ0n) is 10.8. The van der Waals surface area contributed by atoms with Crippen LogP contribution < -0.4 is 15.4 Å². The molecule has 0 aromatic heterocycles. The predicted octanol–water partition coefficient (Wildman–Crippen LogP) is 3.05. The first-order chi connectivity index (χ1) is 8.24. The molecule has 0 spiro atoms. The van der Waals surface area contributed by atoms with E-state index in [-0.39, 0.29) is 0 Å². The fourth-order valence-corrected chi connectivity index (χ4v) is 2.59. The molecule has 1 heterocycles. The minimum Gasteiger partial charge on any atom is -0.495 e. The number of ether oxygens (including phenoxy) is 1. The summed E-state index contributed by atoms with van der Waals surface area (Å²) in [4.78, 5) is 2.42. The zero-order chi connectivity index (χ0) is 12.3. The quantitative estimate of drug-likeness (QED) is 0.799. The second-order valence-electron chi connectivity index (χ2n) is 4.78. The van der Waals surface area contributed by atoms with Crippen molar-refractivity contribution in [1.82, 2.24) is 0 Å². The molecule has 1 aliphatic rings. The third kappa shape index (κ3) is 2.48. The molecule has 17 heavy (non-hydrogen) atoms. The number of para-hydroxylation sites is 1. The van der Waals surface area contributed by atoms with Gasteiger partial charge >= 0.3 is 0 Å². The van der Waals surface area contributed by atoms with Gasteiger partial charge in [0.05, 0.1) is 18.5 Å². The molecule has 0 radical (unpaired) electrons. The van der Waals surface area contributed by atoms with Crippen molar-refractivity contribution in [1.29, 1.82) is 0 Å². The first-order valence-electron chi connectivity index (χ1n) is 6.43. The van der Waals surface area contributed by atoms with Crippen LogP contribution in [0.25, 0.3) is 0 Å². The normalized spacial score (nSPS) is 21.1. The second kappa shape index (κ2) is 5.30. The average Bonchev–Trinajstić information content (AvgIpc) is 2.55. The molecule has 1 unspecified atom stereocenters. The average molecular weight is 234 g/mol. The van der Waals surface area contributed by atoms with Crippen LogP contribution >= 0.6 is 0 Å². The van der Waals surface area contributed by atoms with E-state index in [1.807, 2.05) is 12.1 Å². The first-order valence-corrected chi connectivity index (χ1v) is 6.43. The van der Waals surface area contributed by atoms with E-state index < -0.39 is 0 Å². The Labute approximate surface area is 104 Å². The summed E-state index contributed by atoms with van der Waals surface area (Å²) < 4.78 is 5.29. The van der Waals surface area contributed by atoms with Gasteiger partial charge in [0.2, 0.25) is 0 Å². The van der Waals surface area contributed by atoms with Crippen LogP contribution in [-0.2, 0) is 0 Å². The van der Waals surface area contributed by atoms with Gasteiger partial charge in [-0.25, -0.2) is 0 Å². The number of benzene rings is 1. The van der Waals surface area contributed by atoms with E-state index in [4.69, 9.17) is 10.5 Å². The standard InChI is InChI=1S/C14H22N2O/c1-11-7-4-3-5-10-16(11)12-8-6-9-13(17-2)14(12)15/h6,8-9,11H,3-5,7,10,15H2,1-2H3. The second-order valence-corrected chi connectivity index (χ2v) is 4.78. The van der Waals surface area contributed by atoms with Gasteiger partial charge in [0.25, 0.3) is 0 Å². The Morgan fingerprint density at radius 1 is 1.29 bits per heavy atom. The number of methoxy groups -OCH3 is 1. The van der Waals surface area contributed by atoms with Crippen molar-refractivity contribution in [3.63, 3.8) is 0 Å². The van der Waals surface area contributed by atoms with E-state index >= 15 is 0 Å². The van der Waals surface area contributed by atoms with E-state index in [0.717, 1.165) is 23.7 Å². The van der Waals surface area contributed by atoms with Gasteiger partial charge in [-0.3, -0.25) is 0 Å². The summed E-state index contributed by atoms with van der Waals surface area (Å²) in [6.45, 7) is 3.38. The maximum absolute atomic E-state index is 6.17. The topological polar surface area (TPSA) is 38.5 Å². The van der Waals surface area contributed by atoms with E-state index in [2.05, 4.69) is 17.9 Å². The van der Waals surface area contributed by atoms with Crippen LogP contribution in [0, 0.1) is 0 Å². The lowest BCUT2D eigenvalue weighted by molar-refractivity contribution is 0.417. The van der Waals surface area contributed by atoms with Crippen molar-refractivity contribution in [2.75, 3.05) is 24.3 Å². The van der Waals surface area contributed by atoms with Crippen molar-refractivity contribution in [3.05, 3.63) is 18.2 Å². The number of nitrogens with two attached hydrogens (primary N) is 1. The number of nitrogens with zero attached hydrogens (tertiary/aromatic N) is 1. The lowest BCUT2D eigenvalue weighted by Gasteiger charge is -2.30. The third-order valence-electron chi connectivity index (χ3n) is 3.63. The Balaban J connectivity index is 2.31. The predicted molar refractivity (Wildman–Crippen MR) is 72.7 cm³/mol. The molecular formula is C14H22N2O. The van der Waals surface area contributed by atoms with Crippen molar-refractivity contribution in [3.8, 4) is 5.75 Å². The van der Waals surface area contributed by atoms with Crippen LogP contribution in [0.15, 0.2) is 18.2 Å². The monoisotopic (exact) mass is 234 g/mol. The van der Waals surface area contributed by atoms with E-state index in [1.54, 1.807) is 7.11 Å². The van der Waals surface area contributed by atoms with Crippen molar-refractivity contribution < 1.29 is 4.74 Å². The van der Waals surface area contributed by atoms with Crippen LogP contribution in [0.5, 0.6) is 5.75 Å². The number of hydrogen-bond donors (Lipinski definition) is 1. The van der Waals surface area contributed by atoms with Gasteiger partial charge in [-0.1, -0.05) is 18.9 Å². The van der Waals surface area contributed by atoms with Gasteiger partial charge in [-0.05, 0) is 31.9 Å². The fraction of sp³-hybridized carbons (Fsp3) is 0.571. The van der Waals surface area contributed by atoms with Gasteiger partial charge in [0.15, 0.2) is 0 Å². The Hall–Kier alpha value is -1.38. The van der Waals surface area contributed by atoms with Crippen LogP contribution in [-0.4, -0.2) is 19.7 Å². The largest absolute Gasteiger partial charge is 0.495 e. The summed E-state index contributed by atoms with van der Waals surface area (Å²) in [7, 11) is 1.67. The highest BCUT2D eigenvalue weighted by Crippen LogP contribution is 2.34. The molecule has 0 saturated carbocycles. The number of nitrogen functional groups attached to an aromatic ring is 1. The summed E-state index contributed by atoms with van der Waals surface area (Å²) in [6, 6.07) is 6.59. The molecule has 3 heteroatoms. The molecule has 2 N–H and O–H groups in total. The molecule has 94 valence electrons. The Bertz CT molecular complexity index is 378. The van der Waals surface area contributed by atoms with Crippen molar-refractivity contribution in [2.24, 2.45) is 0 Å². The SMILES string of the molecule is COc1cccc(N2CCCCCC2C)c1N. The van der Waals surface area contributed by atoms with Crippen molar-refractivity contribution >= 4 is 11.4 Å². The zero-order valence-corrected chi connectivity index (χ0v) is 10.8. The fourth-order valence-electron chi connectivity index (χ4n) is 2.59. The van der Waals surface area contributed by atoms with Crippen LogP contribution in [0.3, 0.4) is 0 Å². The lowest BCUT2D eigenvalue weighted by Crippen LogP contribution is -2.33. The molecule has 1 saturated heterocycles. The Morgan fingerprint density at radius 3 is 2.88 bits per heavy atom. The van der Waals surface area contributed by atoms with Gasteiger partial charge in [-0.2, -0.15) is 0 Å². The Kier molecular flexibility index (Phi) is 3.77. The molecule has 1 fully saturated rings. The van der Waals surface area contributed by atoms with Crippen LogP contribution in [0.2, 0.25) is 0 Å². The van der Waals surface area contributed by atoms with Gasteiger partial charge < -0.3 is 15.4 Å². The molecule has 0 aliphatic carbocycles. The minimum atomic E-state index is 0.562. The molecule has 0 amide bonds. The highest BCUT2D eigenvalue weighted by Gasteiger charge is 2.20. The number of anilines is 2. The molecule has 1 aliphatic heterocycles. The van der Waals surface area contributed by atoms with Crippen molar-refractivity contribution in [2.45, 2.75) is 38.6 Å². The Morgan fingerprint density at radius 2 is 2.12 bits per heavy atom. The molecule has 2 rings (SSSR count). The van der Waals surface area contributed by atoms with Gasteiger partial charge in [0.1, 0.15) is 5.75 Å². The lowest BCUT2D eigenvalue weighted by atomic mass is 10.1. The summed E-state index contributed by atoms with van der Waals surface area (Å²) in [5.74, 6) is 0.777. The summed E-state index contributed by atoms with van der Waals surface area (Å²) >= 11 is 0. The smallest absolute Gasteiger partial charge is 0.143 e. The summed E-state index contributed by atoms with van der Waals surface area (Å²) in [6.07, 6.45) is 5.14. The molecule has 0 bridgehead atoms. The molecule has 1 aromatic rings. The van der Waals surface area contributed by atoms with E-state index in [0.29, 0.717) is 6.04 Å². The van der Waals surface area contributed by atoms with E-state index in [1.165, 1.54) is 25.7 Å². The number of hydrogen-bond acceptors (Lipinski definition) is 3. The first kappa shape index (κ1) is 12.1. The molecule has 3 nitrogen and oxygen atoms in total. The maximum Gasteiger partial charge on any atom is 0.143 e. The van der Waals surface area contributed by atoms with Crippen LogP contribution in [0.1, 0.15) is 32.6 Å². The summed E-state index contributed by atoms with van der Waals surface area (Å²) in [5.41, 5.74) is 8.06. The summed E-state index contributed by atoms with van der Waals surface area (Å²) in [5, 5.41) is 0. The van der Waals surface area contributed by atoms with Crippen LogP contribution in [0.4, 0.5) is 11.4 Å². The highest BCUT2D eigenvalue weighted by molar-refractivity contribution is 5.74. The molecular weight excluding hydrogens is 212 g/mol. The van der Waals surface area contributed by atoms with Gasteiger partial charge in [0, 0.05) is 12.6 Å². The highest BCUT2D eigenvalue weighted by atomic mass is 16.5. The van der Waals surface area contributed by atoms with Gasteiger partial charge in [-0.15, -0.1) is 0 Å². The number of rotatable bonds is 2. The molecule has 1 aromatic carbocycles. The third-order valence-corrected chi connectivity index (χ3v) is 3.63. The minimum absolute atomic E-state index is 0.562. The van der Waals surface area contributed by atoms with E-state index in [9.17, 15) is 0 Å². The molecule has 1 atom stereocenters.